The Kier molecular flexibility index (Phi) is 6.17. The SMILES string of the molecule is CCCNS(=O)(=O)c1ccc(N[C@H](C)c2ccccc2)c(C(=O)O)c1. The highest BCUT2D eigenvalue weighted by Crippen LogP contribution is 2.25. The van der Waals surface area contributed by atoms with E-state index in [1.165, 1.54) is 18.2 Å². The predicted molar refractivity (Wildman–Crippen MR) is 97.4 cm³/mol. The zero-order chi connectivity index (χ0) is 18.4. The van der Waals surface area contributed by atoms with Gasteiger partial charge in [-0.05, 0) is 37.1 Å². The molecule has 0 amide bonds. The topological polar surface area (TPSA) is 95.5 Å². The van der Waals surface area contributed by atoms with Gasteiger partial charge in [0.05, 0.1) is 10.5 Å². The molecule has 2 rings (SSSR count). The Balaban J connectivity index is 2.32. The molecule has 2 aromatic rings. The van der Waals surface area contributed by atoms with Crippen molar-refractivity contribution in [2.75, 3.05) is 11.9 Å². The molecule has 0 saturated carbocycles. The zero-order valence-electron chi connectivity index (χ0n) is 14.2. The highest BCUT2D eigenvalue weighted by Gasteiger charge is 2.19. The number of aromatic carboxylic acids is 1. The number of anilines is 1. The van der Waals surface area contributed by atoms with Crippen molar-refractivity contribution in [2.24, 2.45) is 0 Å². The molecule has 0 saturated heterocycles. The lowest BCUT2D eigenvalue weighted by Crippen LogP contribution is -2.24. The number of sulfonamides is 1. The summed E-state index contributed by atoms with van der Waals surface area (Å²) in [5.41, 5.74) is 1.29. The van der Waals surface area contributed by atoms with Crippen LogP contribution in [0.3, 0.4) is 0 Å². The summed E-state index contributed by atoms with van der Waals surface area (Å²) < 4.78 is 26.8. The second kappa shape index (κ2) is 8.13. The van der Waals surface area contributed by atoms with Crippen LogP contribution in [0.4, 0.5) is 5.69 Å². The molecule has 2 aromatic carbocycles. The maximum atomic E-state index is 12.2. The lowest BCUT2D eigenvalue weighted by atomic mass is 10.1. The van der Waals surface area contributed by atoms with Crippen molar-refractivity contribution in [1.82, 2.24) is 4.72 Å². The number of carbonyl (C=O) groups is 1. The van der Waals surface area contributed by atoms with Crippen LogP contribution in [0, 0.1) is 0 Å². The average molecular weight is 362 g/mol. The first-order valence-electron chi connectivity index (χ1n) is 8.03. The maximum Gasteiger partial charge on any atom is 0.337 e. The van der Waals surface area contributed by atoms with Gasteiger partial charge >= 0.3 is 5.97 Å². The molecule has 0 bridgehead atoms. The van der Waals surface area contributed by atoms with Crippen molar-refractivity contribution in [3.8, 4) is 0 Å². The largest absolute Gasteiger partial charge is 0.478 e. The van der Waals surface area contributed by atoms with Crippen LogP contribution in [-0.2, 0) is 10.0 Å². The number of nitrogens with one attached hydrogen (secondary N) is 2. The summed E-state index contributed by atoms with van der Waals surface area (Å²) in [7, 11) is -3.72. The molecule has 0 radical (unpaired) electrons. The number of rotatable bonds is 8. The van der Waals surface area contributed by atoms with E-state index in [0.29, 0.717) is 18.7 Å². The Morgan fingerprint density at radius 1 is 1.16 bits per heavy atom. The van der Waals surface area contributed by atoms with Crippen LogP contribution < -0.4 is 10.0 Å². The van der Waals surface area contributed by atoms with Crippen LogP contribution in [-0.4, -0.2) is 26.0 Å². The van der Waals surface area contributed by atoms with Crippen molar-refractivity contribution in [2.45, 2.75) is 31.2 Å². The first-order chi connectivity index (χ1) is 11.8. The molecule has 0 aliphatic heterocycles. The van der Waals surface area contributed by atoms with Gasteiger partial charge in [-0.3, -0.25) is 0 Å². The smallest absolute Gasteiger partial charge is 0.337 e. The van der Waals surface area contributed by atoms with Gasteiger partial charge in [0.1, 0.15) is 0 Å². The molecule has 0 fully saturated rings. The van der Waals surface area contributed by atoms with Crippen LogP contribution >= 0.6 is 0 Å². The van der Waals surface area contributed by atoms with E-state index in [9.17, 15) is 18.3 Å². The molecule has 0 spiro atoms. The van der Waals surface area contributed by atoms with Crippen LogP contribution in [0.5, 0.6) is 0 Å². The fourth-order valence-electron chi connectivity index (χ4n) is 2.37. The summed E-state index contributed by atoms with van der Waals surface area (Å²) in [5.74, 6) is -1.18. The monoisotopic (exact) mass is 362 g/mol. The van der Waals surface area contributed by atoms with E-state index < -0.39 is 16.0 Å². The second-order valence-electron chi connectivity index (χ2n) is 5.69. The Labute approximate surface area is 147 Å². The molecule has 0 aliphatic carbocycles. The lowest BCUT2D eigenvalue weighted by Gasteiger charge is -2.18. The molecule has 7 heteroatoms. The van der Waals surface area contributed by atoms with Crippen LogP contribution in [0.15, 0.2) is 53.4 Å². The van der Waals surface area contributed by atoms with Crippen LogP contribution in [0.25, 0.3) is 0 Å². The minimum Gasteiger partial charge on any atom is -0.478 e. The Bertz CT molecular complexity index is 835. The number of hydrogen-bond acceptors (Lipinski definition) is 4. The Morgan fingerprint density at radius 3 is 2.44 bits per heavy atom. The fourth-order valence-corrected chi connectivity index (χ4v) is 3.53. The normalized spacial score (nSPS) is 12.6. The van der Waals surface area contributed by atoms with E-state index in [4.69, 9.17) is 0 Å². The van der Waals surface area contributed by atoms with Gasteiger partial charge in [-0.25, -0.2) is 17.9 Å². The van der Waals surface area contributed by atoms with Crippen LogP contribution in [0.2, 0.25) is 0 Å². The van der Waals surface area contributed by atoms with Gasteiger partial charge in [0.25, 0.3) is 0 Å². The Hall–Kier alpha value is -2.38. The standard InChI is InChI=1S/C18H22N2O4S/c1-3-11-19-25(23,24)15-9-10-17(16(12-15)18(21)22)20-13(2)14-7-5-4-6-8-14/h4-10,12-13,19-20H,3,11H2,1-2H3,(H,21,22)/t13-/m1/s1. The lowest BCUT2D eigenvalue weighted by molar-refractivity contribution is 0.0697. The van der Waals surface area contributed by atoms with Gasteiger partial charge in [0.15, 0.2) is 0 Å². The van der Waals surface area contributed by atoms with Gasteiger partial charge in [-0.2, -0.15) is 0 Å². The van der Waals surface area contributed by atoms with Crippen molar-refractivity contribution >= 4 is 21.7 Å². The van der Waals surface area contributed by atoms with Gasteiger partial charge in [-0.1, -0.05) is 37.3 Å². The molecular weight excluding hydrogens is 340 g/mol. The molecular formula is C18H22N2O4S. The van der Waals surface area contributed by atoms with Gasteiger partial charge in [-0.15, -0.1) is 0 Å². The van der Waals surface area contributed by atoms with Gasteiger partial charge in [0.2, 0.25) is 10.0 Å². The van der Waals surface area contributed by atoms with Crippen molar-refractivity contribution < 1.29 is 18.3 Å². The summed E-state index contributed by atoms with van der Waals surface area (Å²) in [4.78, 5) is 11.5. The van der Waals surface area contributed by atoms with Crippen molar-refractivity contribution in [3.63, 3.8) is 0 Å². The number of hydrogen-bond donors (Lipinski definition) is 3. The minimum absolute atomic E-state index is 0.0590. The number of carboxylic acid groups (broad SMARTS) is 1. The summed E-state index contributed by atoms with van der Waals surface area (Å²) in [5, 5.41) is 12.6. The first-order valence-corrected chi connectivity index (χ1v) is 9.52. The third-order valence-electron chi connectivity index (χ3n) is 3.75. The third-order valence-corrected chi connectivity index (χ3v) is 5.20. The molecule has 1 atom stereocenters. The summed E-state index contributed by atoms with van der Waals surface area (Å²) in [6.07, 6.45) is 0.652. The highest BCUT2D eigenvalue weighted by atomic mass is 32.2. The molecule has 0 aromatic heterocycles. The Morgan fingerprint density at radius 2 is 1.84 bits per heavy atom. The van der Waals surface area contributed by atoms with Gasteiger partial charge < -0.3 is 10.4 Å². The van der Waals surface area contributed by atoms with Crippen molar-refractivity contribution in [3.05, 3.63) is 59.7 Å². The molecule has 25 heavy (non-hydrogen) atoms. The third kappa shape index (κ3) is 4.80. The molecule has 6 nitrogen and oxygen atoms in total. The molecule has 3 N–H and O–H groups in total. The quantitative estimate of drug-likeness (QED) is 0.670. The molecule has 0 aliphatic rings. The number of carboxylic acids is 1. The molecule has 134 valence electrons. The molecule has 0 unspecified atom stereocenters. The summed E-state index contributed by atoms with van der Waals surface area (Å²) >= 11 is 0. The fraction of sp³-hybridized carbons (Fsp3) is 0.278. The second-order valence-corrected chi connectivity index (χ2v) is 7.45. The maximum absolute atomic E-state index is 12.2. The highest BCUT2D eigenvalue weighted by molar-refractivity contribution is 7.89. The first kappa shape index (κ1) is 19.0. The van der Waals surface area contributed by atoms with Crippen LogP contribution in [0.1, 0.15) is 42.2 Å². The van der Waals surface area contributed by atoms with E-state index >= 15 is 0 Å². The van der Waals surface area contributed by atoms with Gasteiger partial charge in [0, 0.05) is 18.3 Å². The average Bonchev–Trinajstić information content (AvgIpc) is 2.60. The van der Waals surface area contributed by atoms with Crippen molar-refractivity contribution in [1.29, 1.82) is 0 Å². The van der Waals surface area contributed by atoms with E-state index in [2.05, 4.69) is 10.0 Å². The minimum atomic E-state index is -3.72. The van der Waals surface area contributed by atoms with E-state index in [0.717, 1.165) is 5.56 Å². The number of benzene rings is 2. The van der Waals surface area contributed by atoms with E-state index in [-0.39, 0.29) is 16.5 Å². The summed E-state index contributed by atoms with van der Waals surface area (Å²) in [6.45, 7) is 4.06. The van der Waals surface area contributed by atoms with E-state index in [1.54, 1.807) is 0 Å². The molecule has 0 heterocycles. The predicted octanol–water partition coefficient (Wildman–Crippen LogP) is 3.25. The summed E-state index contributed by atoms with van der Waals surface area (Å²) in [6, 6.07) is 13.5. The van der Waals surface area contributed by atoms with E-state index in [1.807, 2.05) is 44.2 Å². The zero-order valence-corrected chi connectivity index (χ0v) is 15.0.